The van der Waals surface area contributed by atoms with Crippen LogP contribution in [0.25, 0.3) is 11.0 Å². The maximum atomic E-state index is 12.0. The van der Waals surface area contributed by atoms with Crippen molar-refractivity contribution in [3.63, 3.8) is 0 Å². The van der Waals surface area contributed by atoms with Crippen LogP contribution in [0.15, 0.2) is 33.5 Å². The van der Waals surface area contributed by atoms with Gasteiger partial charge in [-0.25, -0.2) is 14.4 Å². The highest BCUT2D eigenvalue weighted by molar-refractivity contribution is 5.96. The van der Waals surface area contributed by atoms with E-state index in [4.69, 9.17) is 19.6 Å². The second kappa shape index (κ2) is 8.35. The molecule has 2 aromatic rings. The van der Waals surface area contributed by atoms with Gasteiger partial charge >= 0.3 is 17.6 Å². The molecule has 0 radical (unpaired) electrons. The van der Waals surface area contributed by atoms with Gasteiger partial charge in [-0.3, -0.25) is 10.1 Å². The Hall–Kier alpha value is -3.36. The Morgan fingerprint density at radius 2 is 1.93 bits per heavy atom. The molecule has 9 nitrogen and oxygen atoms in total. The van der Waals surface area contributed by atoms with Gasteiger partial charge in [-0.15, -0.1) is 0 Å². The number of carbonyl (C=O) groups is 3. The molecule has 27 heavy (non-hydrogen) atoms. The molecule has 0 aliphatic heterocycles. The Kier molecular flexibility index (Phi) is 6.17. The standard InChI is InChI=1S/C18H20N2O7/c1-9(2)16(17(23)20-18(19)24)27-15(22)8-25-11-4-5-12-10(3)6-14(21)26-13(12)7-11/h4-7,9,16H,8H2,1-3H3,(H3,19,20,23,24)/t16-/m1/s1. The Morgan fingerprint density at radius 3 is 2.56 bits per heavy atom. The van der Waals surface area contributed by atoms with Gasteiger partial charge in [-0.1, -0.05) is 13.8 Å². The van der Waals surface area contributed by atoms with Gasteiger partial charge in [0, 0.05) is 17.5 Å². The third-order valence-electron chi connectivity index (χ3n) is 3.65. The number of carbonyl (C=O) groups excluding carboxylic acids is 3. The van der Waals surface area contributed by atoms with Crippen LogP contribution in [0.2, 0.25) is 0 Å². The Bertz CT molecular complexity index is 933. The van der Waals surface area contributed by atoms with Crippen molar-refractivity contribution in [2.24, 2.45) is 11.7 Å². The fourth-order valence-corrected chi connectivity index (χ4v) is 2.40. The summed E-state index contributed by atoms with van der Waals surface area (Å²) in [4.78, 5) is 46.1. The van der Waals surface area contributed by atoms with Crippen molar-refractivity contribution in [3.8, 4) is 5.75 Å². The highest BCUT2D eigenvalue weighted by Crippen LogP contribution is 2.22. The molecule has 1 atom stereocenters. The van der Waals surface area contributed by atoms with E-state index >= 15 is 0 Å². The predicted molar refractivity (Wildman–Crippen MR) is 95.2 cm³/mol. The van der Waals surface area contributed by atoms with Gasteiger partial charge in [-0.05, 0) is 30.5 Å². The zero-order valence-electron chi connectivity index (χ0n) is 15.1. The summed E-state index contributed by atoms with van der Waals surface area (Å²) in [6.07, 6.45) is -1.19. The number of hydrogen-bond acceptors (Lipinski definition) is 7. The normalized spacial score (nSPS) is 11.9. The van der Waals surface area contributed by atoms with Crippen molar-refractivity contribution in [2.75, 3.05) is 6.61 Å². The fourth-order valence-electron chi connectivity index (χ4n) is 2.40. The van der Waals surface area contributed by atoms with Crippen LogP contribution in [0.1, 0.15) is 19.4 Å². The Labute approximate surface area is 154 Å². The van der Waals surface area contributed by atoms with E-state index in [-0.39, 0.29) is 11.7 Å². The molecule has 1 aromatic carbocycles. The van der Waals surface area contributed by atoms with E-state index in [1.807, 2.05) is 5.32 Å². The van der Waals surface area contributed by atoms with Gasteiger partial charge in [-0.2, -0.15) is 0 Å². The highest BCUT2D eigenvalue weighted by Gasteiger charge is 2.27. The first kappa shape index (κ1) is 20.0. The van der Waals surface area contributed by atoms with Crippen LogP contribution in [0.5, 0.6) is 5.75 Å². The van der Waals surface area contributed by atoms with Crippen LogP contribution in [0.3, 0.4) is 0 Å². The van der Waals surface area contributed by atoms with Gasteiger partial charge < -0.3 is 19.6 Å². The number of benzene rings is 1. The lowest BCUT2D eigenvalue weighted by Crippen LogP contribution is -2.46. The number of nitrogens with two attached hydrogens (primary N) is 1. The molecule has 3 amide bonds. The van der Waals surface area contributed by atoms with Crippen molar-refractivity contribution < 1.29 is 28.3 Å². The summed E-state index contributed by atoms with van der Waals surface area (Å²) >= 11 is 0. The SMILES string of the molecule is Cc1cc(=O)oc2cc(OCC(=O)O[C@@H](C(=O)NC(N)=O)C(C)C)ccc12. The third-order valence-corrected chi connectivity index (χ3v) is 3.65. The van der Waals surface area contributed by atoms with E-state index in [0.29, 0.717) is 5.58 Å². The first-order valence-electron chi connectivity index (χ1n) is 8.14. The van der Waals surface area contributed by atoms with Crippen molar-refractivity contribution >= 4 is 28.9 Å². The minimum atomic E-state index is -1.19. The molecular weight excluding hydrogens is 356 g/mol. The number of primary amides is 1. The number of amides is 3. The molecule has 1 heterocycles. The lowest BCUT2D eigenvalue weighted by molar-refractivity contribution is -0.160. The first-order chi connectivity index (χ1) is 12.7. The second-order valence-electron chi connectivity index (χ2n) is 6.20. The second-order valence-corrected chi connectivity index (χ2v) is 6.20. The van der Waals surface area contributed by atoms with E-state index in [0.717, 1.165) is 10.9 Å². The average molecular weight is 376 g/mol. The average Bonchev–Trinajstić information content (AvgIpc) is 2.56. The van der Waals surface area contributed by atoms with E-state index in [2.05, 4.69) is 0 Å². The summed E-state index contributed by atoms with van der Waals surface area (Å²) in [5, 5.41) is 2.62. The molecule has 2 rings (SSSR count). The molecule has 0 unspecified atom stereocenters. The van der Waals surface area contributed by atoms with Crippen LogP contribution < -0.4 is 21.4 Å². The Morgan fingerprint density at radius 1 is 1.22 bits per heavy atom. The minimum Gasteiger partial charge on any atom is -0.482 e. The zero-order valence-corrected chi connectivity index (χ0v) is 15.1. The third kappa shape index (κ3) is 5.30. The highest BCUT2D eigenvalue weighted by atomic mass is 16.6. The molecule has 0 fully saturated rings. The largest absolute Gasteiger partial charge is 0.482 e. The summed E-state index contributed by atoms with van der Waals surface area (Å²) in [5.74, 6) is -1.71. The van der Waals surface area contributed by atoms with E-state index in [9.17, 15) is 19.2 Å². The van der Waals surface area contributed by atoms with Crippen molar-refractivity contribution in [1.29, 1.82) is 0 Å². The van der Waals surface area contributed by atoms with E-state index in [1.54, 1.807) is 32.9 Å². The number of ether oxygens (including phenoxy) is 2. The first-order valence-corrected chi connectivity index (χ1v) is 8.14. The molecule has 0 aliphatic rings. The summed E-state index contributed by atoms with van der Waals surface area (Å²) in [6, 6.07) is 5.14. The van der Waals surface area contributed by atoms with Crippen LogP contribution in [0, 0.1) is 12.8 Å². The lowest BCUT2D eigenvalue weighted by Gasteiger charge is -2.19. The topological polar surface area (TPSA) is 138 Å². The van der Waals surface area contributed by atoms with Crippen molar-refractivity contribution in [2.45, 2.75) is 26.9 Å². The molecule has 3 N–H and O–H groups in total. The number of aryl methyl sites for hydroxylation is 1. The lowest BCUT2D eigenvalue weighted by atomic mass is 10.1. The number of rotatable bonds is 6. The molecular formula is C18H20N2O7. The van der Waals surface area contributed by atoms with Gasteiger partial charge in [0.15, 0.2) is 12.7 Å². The molecule has 0 spiro atoms. The maximum Gasteiger partial charge on any atom is 0.344 e. The Balaban J connectivity index is 2.03. The molecule has 0 bridgehead atoms. The molecule has 0 saturated heterocycles. The van der Waals surface area contributed by atoms with Crippen molar-refractivity contribution in [3.05, 3.63) is 40.2 Å². The summed E-state index contributed by atoms with van der Waals surface area (Å²) in [6.45, 7) is 4.59. The molecule has 144 valence electrons. The number of esters is 1. The summed E-state index contributed by atoms with van der Waals surface area (Å²) in [5.41, 5.74) is 5.49. The summed E-state index contributed by atoms with van der Waals surface area (Å²) < 4.78 is 15.5. The number of hydrogen-bond donors (Lipinski definition) is 2. The maximum absolute atomic E-state index is 12.0. The molecule has 0 saturated carbocycles. The van der Waals surface area contributed by atoms with Crippen LogP contribution in [-0.4, -0.2) is 30.6 Å². The number of fused-ring (bicyclic) bond motifs is 1. The quantitative estimate of drug-likeness (QED) is 0.571. The summed E-state index contributed by atoms with van der Waals surface area (Å²) in [7, 11) is 0. The predicted octanol–water partition coefficient (Wildman–Crippen LogP) is 1.24. The van der Waals surface area contributed by atoms with Crippen LogP contribution in [-0.2, 0) is 14.3 Å². The minimum absolute atomic E-state index is 0.288. The number of urea groups is 1. The van der Waals surface area contributed by atoms with Crippen LogP contribution in [0.4, 0.5) is 4.79 Å². The van der Waals surface area contributed by atoms with Gasteiger partial charge in [0.05, 0.1) is 0 Å². The fraction of sp³-hybridized carbons (Fsp3) is 0.333. The van der Waals surface area contributed by atoms with Gasteiger partial charge in [0.25, 0.3) is 5.91 Å². The van der Waals surface area contributed by atoms with Gasteiger partial charge in [0.1, 0.15) is 11.3 Å². The molecule has 0 aliphatic carbocycles. The van der Waals surface area contributed by atoms with Crippen molar-refractivity contribution in [1.82, 2.24) is 5.32 Å². The van der Waals surface area contributed by atoms with Gasteiger partial charge in [0.2, 0.25) is 0 Å². The number of imide groups is 1. The zero-order chi connectivity index (χ0) is 20.1. The smallest absolute Gasteiger partial charge is 0.344 e. The number of nitrogens with one attached hydrogen (secondary N) is 1. The van der Waals surface area contributed by atoms with E-state index in [1.165, 1.54) is 12.1 Å². The van der Waals surface area contributed by atoms with E-state index < -0.39 is 36.2 Å². The molecule has 9 heteroatoms. The monoisotopic (exact) mass is 376 g/mol. The molecule has 1 aromatic heterocycles. The van der Waals surface area contributed by atoms with Crippen LogP contribution >= 0.6 is 0 Å².